The van der Waals surface area contributed by atoms with Gasteiger partial charge in [0.2, 0.25) is 0 Å². The first-order valence-corrected chi connectivity index (χ1v) is 11.9. The molecule has 172 valence electrons. The number of thiazole rings is 1. The molecule has 0 N–H and O–H groups in total. The monoisotopic (exact) mass is 493 g/mol. The second kappa shape index (κ2) is 8.14. The lowest BCUT2D eigenvalue weighted by molar-refractivity contribution is -0.385. The molecule has 0 saturated carbocycles. The van der Waals surface area contributed by atoms with Crippen LogP contribution in [-0.2, 0) is 4.79 Å². The van der Waals surface area contributed by atoms with Crippen molar-refractivity contribution in [1.29, 1.82) is 0 Å². The Balaban J connectivity index is 1.83. The van der Waals surface area contributed by atoms with E-state index in [1.54, 1.807) is 42.5 Å². The van der Waals surface area contributed by atoms with Crippen molar-refractivity contribution >= 4 is 40.5 Å². The number of nitrogens with zero attached hydrogens (tertiary/aromatic N) is 3. The summed E-state index contributed by atoms with van der Waals surface area (Å²) in [6, 6.07) is 12.5. The molecule has 1 atom stereocenters. The third kappa shape index (κ3) is 3.73. The zero-order valence-corrected chi connectivity index (χ0v) is 20.0. The van der Waals surface area contributed by atoms with Crippen LogP contribution in [-0.4, -0.2) is 15.3 Å². The molecular formula is C25H20ClN3O4S. The zero-order valence-electron chi connectivity index (χ0n) is 18.4. The quantitative estimate of drug-likeness (QED) is 0.404. The number of para-hydroxylation sites is 1. The third-order valence-corrected chi connectivity index (χ3v) is 7.44. The molecular weight excluding hydrogens is 474 g/mol. The summed E-state index contributed by atoms with van der Waals surface area (Å²) in [5.74, 6) is -0.140. The maximum absolute atomic E-state index is 13.6. The first-order valence-electron chi connectivity index (χ1n) is 10.7. The van der Waals surface area contributed by atoms with Crippen LogP contribution < -0.4 is 14.9 Å². The van der Waals surface area contributed by atoms with E-state index in [-0.39, 0.29) is 28.9 Å². The van der Waals surface area contributed by atoms with E-state index in [0.29, 0.717) is 43.2 Å². The highest BCUT2D eigenvalue weighted by Crippen LogP contribution is 2.44. The molecule has 34 heavy (non-hydrogen) atoms. The van der Waals surface area contributed by atoms with E-state index in [2.05, 4.69) is 0 Å². The van der Waals surface area contributed by atoms with Crippen LogP contribution in [0.15, 0.2) is 69.6 Å². The van der Waals surface area contributed by atoms with Gasteiger partial charge in [0.25, 0.3) is 11.2 Å². The Hall–Kier alpha value is -3.36. The Kier molecular flexibility index (Phi) is 5.37. The molecule has 5 rings (SSSR count). The van der Waals surface area contributed by atoms with Crippen LogP contribution in [0.1, 0.15) is 43.9 Å². The van der Waals surface area contributed by atoms with Crippen LogP contribution in [0.4, 0.5) is 5.69 Å². The standard InChI is InChI=1S/C25H20ClN3O4S/c1-25(2)12-17-21(19(30)13-25)22(15-8-4-6-10-18(15)29(32)33)28-23(31)20(34-24(28)27-17)11-14-7-3-5-9-16(14)26/h3-11,22H,12-13H2,1-2H3. The number of fused-ring (bicyclic) bond motifs is 1. The zero-order chi connectivity index (χ0) is 24.2. The predicted molar refractivity (Wildman–Crippen MR) is 131 cm³/mol. The molecule has 2 aliphatic rings. The summed E-state index contributed by atoms with van der Waals surface area (Å²) in [4.78, 5) is 43.5. The molecule has 0 fully saturated rings. The molecule has 0 amide bonds. The number of aromatic nitrogens is 1. The number of hydrogen-bond acceptors (Lipinski definition) is 6. The molecule has 9 heteroatoms. The number of allylic oxidation sites excluding steroid dienone is 2. The van der Waals surface area contributed by atoms with E-state index >= 15 is 0 Å². The Morgan fingerprint density at radius 2 is 1.85 bits per heavy atom. The number of carbonyl (C=O) groups is 1. The number of nitro benzene ring substituents is 1. The van der Waals surface area contributed by atoms with Crippen molar-refractivity contribution in [3.05, 3.63) is 106 Å². The lowest BCUT2D eigenvalue weighted by atomic mass is 9.73. The average Bonchev–Trinajstić information content (AvgIpc) is 3.07. The molecule has 2 heterocycles. The number of hydrogen-bond donors (Lipinski definition) is 0. The number of rotatable bonds is 3. The summed E-state index contributed by atoms with van der Waals surface area (Å²) in [5, 5.41) is 12.4. The fraction of sp³-hybridized carbons (Fsp3) is 0.240. The van der Waals surface area contributed by atoms with Gasteiger partial charge in [-0.15, -0.1) is 0 Å². The third-order valence-electron chi connectivity index (χ3n) is 6.12. The molecule has 1 aromatic heterocycles. The van der Waals surface area contributed by atoms with E-state index in [4.69, 9.17) is 16.6 Å². The van der Waals surface area contributed by atoms with Crippen LogP contribution in [0.5, 0.6) is 0 Å². The molecule has 1 unspecified atom stereocenters. The van der Waals surface area contributed by atoms with Crippen molar-refractivity contribution in [1.82, 2.24) is 4.57 Å². The predicted octanol–water partition coefficient (Wildman–Crippen LogP) is 4.17. The molecule has 0 spiro atoms. The Morgan fingerprint density at radius 3 is 2.59 bits per heavy atom. The molecule has 1 aliphatic carbocycles. The highest BCUT2D eigenvalue weighted by molar-refractivity contribution is 7.07. The number of ketones is 1. The fourth-order valence-corrected chi connectivity index (χ4v) is 5.86. The molecule has 0 saturated heterocycles. The van der Waals surface area contributed by atoms with Crippen molar-refractivity contribution < 1.29 is 9.72 Å². The van der Waals surface area contributed by atoms with E-state index in [1.807, 2.05) is 19.9 Å². The van der Waals surface area contributed by atoms with Gasteiger partial charge in [0.15, 0.2) is 10.6 Å². The van der Waals surface area contributed by atoms with Gasteiger partial charge in [0.05, 0.1) is 20.7 Å². The number of halogens is 1. The van der Waals surface area contributed by atoms with E-state index in [9.17, 15) is 19.7 Å². The van der Waals surface area contributed by atoms with Gasteiger partial charge >= 0.3 is 0 Å². The van der Waals surface area contributed by atoms with Gasteiger partial charge in [0.1, 0.15) is 6.04 Å². The second-order valence-electron chi connectivity index (χ2n) is 9.22. The fourth-order valence-electron chi connectivity index (χ4n) is 4.66. The second-order valence-corrected chi connectivity index (χ2v) is 10.6. The van der Waals surface area contributed by atoms with Crippen LogP contribution in [0, 0.1) is 15.5 Å². The number of Topliss-reactive ketones (excluding diaryl/α,β-unsaturated/α-hetero) is 1. The summed E-state index contributed by atoms with van der Waals surface area (Å²) in [5.41, 5.74) is 1.14. The molecule has 3 aromatic rings. The highest BCUT2D eigenvalue weighted by Gasteiger charge is 2.42. The lowest BCUT2D eigenvalue weighted by Crippen LogP contribution is -2.42. The number of nitro groups is 1. The molecule has 0 radical (unpaired) electrons. The molecule has 2 aromatic carbocycles. The Labute approximate surface area is 203 Å². The number of carbonyl (C=O) groups excluding carboxylic acids is 1. The highest BCUT2D eigenvalue weighted by atomic mass is 35.5. The summed E-state index contributed by atoms with van der Waals surface area (Å²) in [6.07, 6.45) is 2.52. The van der Waals surface area contributed by atoms with E-state index in [0.717, 1.165) is 0 Å². The minimum Gasteiger partial charge on any atom is -0.294 e. The van der Waals surface area contributed by atoms with E-state index in [1.165, 1.54) is 22.0 Å². The van der Waals surface area contributed by atoms with Crippen molar-refractivity contribution in [2.75, 3.05) is 0 Å². The van der Waals surface area contributed by atoms with Crippen molar-refractivity contribution in [3.63, 3.8) is 0 Å². The average molecular weight is 494 g/mol. The Morgan fingerprint density at radius 1 is 1.15 bits per heavy atom. The topological polar surface area (TPSA) is 94.6 Å². The van der Waals surface area contributed by atoms with Crippen LogP contribution >= 0.6 is 22.9 Å². The Bertz CT molecular complexity index is 1580. The summed E-state index contributed by atoms with van der Waals surface area (Å²) in [7, 11) is 0. The van der Waals surface area contributed by atoms with Crippen LogP contribution in [0.2, 0.25) is 5.02 Å². The van der Waals surface area contributed by atoms with Crippen molar-refractivity contribution in [2.45, 2.75) is 32.7 Å². The van der Waals surface area contributed by atoms with Gasteiger partial charge in [-0.1, -0.05) is 67.1 Å². The largest absolute Gasteiger partial charge is 0.294 e. The summed E-state index contributed by atoms with van der Waals surface area (Å²) in [6.45, 7) is 3.99. The van der Waals surface area contributed by atoms with Gasteiger partial charge in [-0.05, 0) is 35.6 Å². The first-order chi connectivity index (χ1) is 16.2. The summed E-state index contributed by atoms with van der Waals surface area (Å²) < 4.78 is 1.81. The smallest absolute Gasteiger partial charge is 0.275 e. The summed E-state index contributed by atoms with van der Waals surface area (Å²) >= 11 is 7.49. The molecule has 0 bridgehead atoms. The van der Waals surface area contributed by atoms with Crippen LogP contribution in [0.3, 0.4) is 0 Å². The first kappa shape index (κ1) is 22.4. The number of benzene rings is 2. The maximum atomic E-state index is 13.6. The normalized spacial score (nSPS) is 19.4. The van der Waals surface area contributed by atoms with Crippen molar-refractivity contribution in [3.8, 4) is 0 Å². The van der Waals surface area contributed by atoms with Gasteiger partial charge < -0.3 is 0 Å². The van der Waals surface area contributed by atoms with Crippen molar-refractivity contribution in [2.24, 2.45) is 10.4 Å². The maximum Gasteiger partial charge on any atom is 0.275 e. The van der Waals surface area contributed by atoms with Gasteiger partial charge in [-0.3, -0.25) is 24.3 Å². The van der Waals surface area contributed by atoms with E-state index < -0.39 is 11.0 Å². The minimum atomic E-state index is -0.912. The SMILES string of the molecule is CC1(C)CC(=O)C2=C(C1)N=c1sc(=Cc3ccccc3Cl)c(=O)n1C2c1ccccc1[N+](=O)[O-]. The van der Waals surface area contributed by atoms with Gasteiger partial charge in [-0.25, -0.2) is 4.99 Å². The lowest BCUT2D eigenvalue weighted by Gasteiger charge is -2.35. The van der Waals surface area contributed by atoms with Gasteiger partial charge in [-0.2, -0.15) is 0 Å². The molecule has 7 nitrogen and oxygen atoms in total. The van der Waals surface area contributed by atoms with Crippen LogP contribution in [0.25, 0.3) is 6.08 Å². The van der Waals surface area contributed by atoms with Gasteiger partial charge in [0, 0.05) is 23.1 Å². The minimum absolute atomic E-state index is 0.139. The molecule has 1 aliphatic heterocycles.